The molecule has 4 aromatic rings. The summed E-state index contributed by atoms with van der Waals surface area (Å²) in [5, 5.41) is 13.8. The number of benzene rings is 4. The molecule has 0 aliphatic rings. The number of hydrogen-bond donors (Lipinski definition) is 1. The van der Waals surface area contributed by atoms with E-state index in [1.807, 2.05) is 54.6 Å². The molecule has 0 radical (unpaired) electrons. The molecule has 0 aromatic heterocycles. The molecule has 1 N–H and O–H groups in total. The summed E-state index contributed by atoms with van der Waals surface area (Å²) in [6.07, 6.45) is 0. The second-order valence-corrected chi connectivity index (χ2v) is 7.30. The molecule has 0 atom stereocenters. The average Bonchev–Trinajstić information content (AvgIpc) is 2.82. The second kappa shape index (κ2) is 9.49. The summed E-state index contributed by atoms with van der Waals surface area (Å²) >= 11 is 6.12. The van der Waals surface area contributed by atoms with Crippen molar-refractivity contribution in [2.45, 2.75) is 0 Å². The van der Waals surface area contributed by atoms with Crippen molar-refractivity contribution in [3.8, 4) is 11.5 Å². The van der Waals surface area contributed by atoms with E-state index in [0.717, 1.165) is 10.8 Å². The molecule has 0 heterocycles. The van der Waals surface area contributed by atoms with Gasteiger partial charge >= 0.3 is 0 Å². The molecule has 0 spiro atoms. The number of anilines is 1. The Bertz CT molecular complexity index is 1310. The number of carbonyl (C=O) groups is 1. The van der Waals surface area contributed by atoms with Gasteiger partial charge < -0.3 is 14.8 Å². The molecule has 0 unspecified atom stereocenters. The minimum Gasteiger partial charge on any atom is -0.494 e. The third-order valence-corrected chi connectivity index (χ3v) is 5.09. The van der Waals surface area contributed by atoms with Crippen LogP contribution in [0.3, 0.4) is 0 Å². The fourth-order valence-corrected chi connectivity index (χ4v) is 3.52. The Labute approximate surface area is 190 Å². The molecule has 0 saturated heterocycles. The Morgan fingerprint density at radius 1 is 0.875 bits per heavy atom. The van der Waals surface area contributed by atoms with Crippen molar-refractivity contribution in [2.75, 3.05) is 19.5 Å². The molecule has 0 bridgehead atoms. The molecule has 0 aliphatic heterocycles. The van der Waals surface area contributed by atoms with Gasteiger partial charge in [-0.3, -0.25) is 4.79 Å². The minimum absolute atomic E-state index is 0.310. The zero-order chi connectivity index (χ0) is 22.5. The number of halogens is 1. The van der Waals surface area contributed by atoms with Gasteiger partial charge in [0.2, 0.25) is 0 Å². The van der Waals surface area contributed by atoms with Crippen LogP contribution in [0.2, 0.25) is 5.02 Å². The number of methoxy groups -OCH3 is 2. The maximum absolute atomic E-state index is 13.1. The zero-order valence-corrected chi connectivity index (χ0v) is 18.3. The van der Waals surface area contributed by atoms with E-state index in [4.69, 9.17) is 21.1 Å². The lowest BCUT2D eigenvalue weighted by molar-refractivity contribution is 0.102. The second-order valence-electron chi connectivity index (χ2n) is 6.86. The first-order chi connectivity index (χ1) is 15.6. The maximum Gasteiger partial charge on any atom is 0.259 e. The Morgan fingerprint density at radius 2 is 1.62 bits per heavy atom. The number of rotatable bonds is 6. The number of ether oxygens (including phenoxy) is 2. The van der Waals surface area contributed by atoms with Gasteiger partial charge in [0.25, 0.3) is 5.91 Å². The fraction of sp³-hybridized carbons (Fsp3) is 0.0800. The highest BCUT2D eigenvalue weighted by Crippen LogP contribution is 2.41. The number of amides is 1. The molecule has 0 aliphatic carbocycles. The Morgan fingerprint density at radius 3 is 2.38 bits per heavy atom. The van der Waals surface area contributed by atoms with Crippen LogP contribution in [0, 0.1) is 0 Å². The van der Waals surface area contributed by atoms with Crippen LogP contribution in [0.25, 0.3) is 10.8 Å². The first kappa shape index (κ1) is 21.3. The minimum atomic E-state index is -0.310. The quantitative estimate of drug-likeness (QED) is 0.319. The van der Waals surface area contributed by atoms with E-state index in [1.54, 1.807) is 31.4 Å². The molecule has 4 aromatic carbocycles. The number of para-hydroxylation sites is 1. The Hall–Kier alpha value is -3.90. The normalized spacial score (nSPS) is 11.0. The van der Waals surface area contributed by atoms with Gasteiger partial charge in [0.15, 0.2) is 5.75 Å². The number of nitrogens with zero attached hydrogens (tertiary/aromatic N) is 2. The molecule has 7 heteroatoms. The molecule has 1 amide bonds. The van der Waals surface area contributed by atoms with Crippen molar-refractivity contribution < 1.29 is 14.3 Å². The first-order valence-electron chi connectivity index (χ1n) is 9.82. The van der Waals surface area contributed by atoms with Crippen LogP contribution in [-0.4, -0.2) is 20.1 Å². The van der Waals surface area contributed by atoms with Crippen LogP contribution >= 0.6 is 11.6 Å². The van der Waals surface area contributed by atoms with Gasteiger partial charge in [0.05, 0.1) is 19.8 Å². The standard InChI is InChI=1S/C25H20ClN3O3/c1-31-22-13-12-17(26)15-21(22)28-29-23-19-11-7-6-8-16(19)14-20(24(23)32-2)25(30)27-18-9-4-3-5-10-18/h3-15H,1-2H3,(H,27,30). The molecule has 4 rings (SSSR count). The largest absolute Gasteiger partial charge is 0.494 e. The van der Waals surface area contributed by atoms with Crippen molar-refractivity contribution in [3.63, 3.8) is 0 Å². The van der Waals surface area contributed by atoms with Crippen molar-refractivity contribution in [1.29, 1.82) is 0 Å². The lowest BCUT2D eigenvalue weighted by atomic mass is 10.0. The van der Waals surface area contributed by atoms with Crippen molar-refractivity contribution in [1.82, 2.24) is 0 Å². The van der Waals surface area contributed by atoms with Crippen molar-refractivity contribution in [3.05, 3.63) is 89.4 Å². The Balaban J connectivity index is 1.84. The third kappa shape index (κ3) is 4.40. The number of fused-ring (bicyclic) bond motifs is 1. The first-order valence-corrected chi connectivity index (χ1v) is 10.2. The maximum atomic E-state index is 13.1. The van der Waals surface area contributed by atoms with Crippen LogP contribution < -0.4 is 14.8 Å². The van der Waals surface area contributed by atoms with E-state index in [-0.39, 0.29) is 5.91 Å². The van der Waals surface area contributed by atoms with E-state index >= 15 is 0 Å². The van der Waals surface area contributed by atoms with Crippen LogP contribution in [0.1, 0.15) is 10.4 Å². The highest BCUT2D eigenvalue weighted by Gasteiger charge is 2.20. The van der Waals surface area contributed by atoms with Gasteiger partial charge in [0.1, 0.15) is 17.1 Å². The van der Waals surface area contributed by atoms with Crippen molar-refractivity contribution in [2.24, 2.45) is 10.2 Å². The molecule has 0 fully saturated rings. The summed E-state index contributed by atoms with van der Waals surface area (Å²) in [5.41, 5.74) is 1.93. The third-order valence-electron chi connectivity index (χ3n) is 4.85. The molecule has 32 heavy (non-hydrogen) atoms. The predicted molar refractivity (Wildman–Crippen MR) is 127 cm³/mol. The van der Waals surface area contributed by atoms with Gasteiger partial charge in [-0.15, -0.1) is 10.2 Å². The van der Waals surface area contributed by atoms with E-state index in [2.05, 4.69) is 15.5 Å². The average molecular weight is 446 g/mol. The SMILES string of the molecule is COc1ccc(Cl)cc1N=Nc1c(OC)c(C(=O)Nc2ccccc2)cc2ccccc12. The summed E-state index contributed by atoms with van der Waals surface area (Å²) in [6.45, 7) is 0. The van der Waals surface area contributed by atoms with E-state index < -0.39 is 0 Å². The molecule has 6 nitrogen and oxygen atoms in total. The van der Waals surface area contributed by atoms with E-state index in [0.29, 0.717) is 39.1 Å². The van der Waals surface area contributed by atoms with E-state index in [9.17, 15) is 4.79 Å². The molecule has 0 saturated carbocycles. The summed E-state index contributed by atoms with van der Waals surface area (Å²) in [7, 11) is 3.05. The van der Waals surface area contributed by atoms with Gasteiger partial charge in [-0.05, 0) is 41.8 Å². The van der Waals surface area contributed by atoms with E-state index in [1.165, 1.54) is 7.11 Å². The predicted octanol–water partition coefficient (Wildman–Crippen LogP) is 7.18. The lowest BCUT2D eigenvalue weighted by Gasteiger charge is -2.14. The van der Waals surface area contributed by atoms with Gasteiger partial charge in [-0.2, -0.15) is 0 Å². The molecular formula is C25H20ClN3O3. The highest BCUT2D eigenvalue weighted by atomic mass is 35.5. The topological polar surface area (TPSA) is 72.3 Å². The van der Waals surface area contributed by atoms with Gasteiger partial charge in [-0.1, -0.05) is 54.1 Å². The van der Waals surface area contributed by atoms with Crippen LogP contribution in [0.4, 0.5) is 17.1 Å². The number of nitrogens with one attached hydrogen (secondary N) is 1. The summed E-state index contributed by atoms with van der Waals surface area (Å²) in [5.74, 6) is 0.539. The zero-order valence-electron chi connectivity index (χ0n) is 17.5. The summed E-state index contributed by atoms with van der Waals surface area (Å²) in [6, 6.07) is 23.7. The summed E-state index contributed by atoms with van der Waals surface area (Å²) < 4.78 is 11.0. The molecule has 160 valence electrons. The highest BCUT2D eigenvalue weighted by molar-refractivity contribution is 6.30. The smallest absolute Gasteiger partial charge is 0.259 e. The van der Waals surface area contributed by atoms with Crippen molar-refractivity contribution >= 4 is 45.3 Å². The van der Waals surface area contributed by atoms with Crippen LogP contribution in [0.5, 0.6) is 11.5 Å². The van der Waals surface area contributed by atoms with Gasteiger partial charge in [0, 0.05) is 16.1 Å². The lowest BCUT2D eigenvalue weighted by Crippen LogP contribution is -2.13. The number of hydrogen-bond acceptors (Lipinski definition) is 5. The summed E-state index contributed by atoms with van der Waals surface area (Å²) in [4.78, 5) is 13.1. The van der Waals surface area contributed by atoms with Crippen LogP contribution in [-0.2, 0) is 0 Å². The monoisotopic (exact) mass is 445 g/mol. The molecular weight excluding hydrogens is 426 g/mol. The fourth-order valence-electron chi connectivity index (χ4n) is 3.35. The van der Waals surface area contributed by atoms with Crippen LogP contribution in [0.15, 0.2) is 89.1 Å². The number of carbonyl (C=O) groups excluding carboxylic acids is 1. The Kier molecular flexibility index (Phi) is 6.33. The van der Waals surface area contributed by atoms with Gasteiger partial charge in [-0.25, -0.2) is 0 Å². The number of azo groups is 1.